The molecule has 0 radical (unpaired) electrons. The minimum absolute atomic E-state index is 0.154. The number of sulfone groups is 1. The summed E-state index contributed by atoms with van der Waals surface area (Å²) in [6.07, 6.45) is 0.957. The molecule has 1 fully saturated rings. The van der Waals surface area contributed by atoms with Gasteiger partial charge in [-0.25, -0.2) is 8.42 Å². The predicted molar refractivity (Wildman–Crippen MR) is 75.2 cm³/mol. The highest BCUT2D eigenvalue weighted by atomic mass is 79.9. The molecule has 0 spiro atoms. The molecule has 1 saturated heterocycles. The van der Waals surface area contributed by atoms with E-state index in [-0.39, 0.29) is 11.8 Å². The van der Waals surface area contributed by atoms with Crippen LogP contribution >= 0.6 is 15.9 Å². The van der Waals surface area contributed by atoms with Crippen molar-refractivity contribution in [2.45, 2.75) is 17.4 Å². The standard InChI is InChI=1S/C12H17BrN2O2S/c13-10-1-3-12(4-2-10)18(16,17)8-7-15-6-5-11(14)9-15/h1-4,11H,5-9,14H2. The highest BCUT2D eigenvalue weighted by molar-refractivity contribution is 9.10. The molecular weight excluding hydrogens is 316 g/mol. The zero-order valence-electron chi connectivity index (χ0n) is 10.0. The fraction of sp³-hybridized carbons (Fsp3) is 0.500. The van der Waals surface area contributed by atoms with Crippen molar-refractivity contribution < 1.29 is 8.42 Å². The molecule has 1 unspecified atom stereocenters. The molecule has 1 aromatic rings. The summed E-state index contributed by atoms with van der Waals surface area (Å²) >= 11 is 3.29. The Bertz CT molecular complexity index is 501. The van der Waals surface area contributed by atoms with E-state index >= 15 is 0 Å². The predicted octanol–water partition coefficient (Wildman–Crippen LogP) is 1.26. The lowest BCUT2D eigenvalue weighted by atomic mass is 10.3. The molecule has 1 atom stereocenters. The van der Waals surface area contributed by atoms with Crippen LogP contribution in [0.5, 0.6) is 0 Å². The number of benzene rings is 1. The molecule has 0 bridgehead atoms. The van der Waals surface area contributed by atoms with Gasteiger partial charge in [0.25, 0.3) is 0 Å². The molecule has 0 amide bonds. The quantitative estimate of drug-likeness (QED) is 0.901. The number of halogens is 1. The lowest BCUT2D eigenvalue weighted by molar-refractivity contribution is 0.354. The Morgan fingerprint density at radius 3 is 2.56 bits per heavy atom. The number of likely N-dealkylation sites (tertiary alicyclic amines) is 1. The number of nitrogens with two attached hydrogens (primary N) is 1. The van der Waals surface area contributed by atoms with E-state index in [2.05, 4.69) is 20.8 Å². The zero-order valence-corrected chi connectivity index (χ0v) is 12.5. The van der Waals surface area contributed by atoms with Gasteiger partial charge in [0.15, 0.2) is 9.84 Å². The Balaban J connectivity index is 1.97. The van der Waals surface area contributed by atoms with Gasteiger partial charge in [0.1, 0.15) is 0 Å². The van der Waals surface area contributed by atoms with E-state index < -0.39 is 9.84 Å². The van der Waals surface area contributed by atoms with Gasteiger partial charge < -0.3 is 10.6 Å². The van der Waals surface area contributed by atoms with Crippen LogP contribution in [0.2, 0.25) is 0 Å². The van der Waals surface area contributed by atoms with Gasteiger partial charge >= 0.3 is 0 Å². The highest BCUT2D eigenvalue weighted by Crippen LogP contribution is 2.16. The van der Waals surface area contributed by atoms with Gasteiger partial charge in [-0.05, 0) is 37.2 Å². The molecule has 6 heteroatoms. The van der Waals surface area contributed by atoms with E-state index in [0.717, 1.165) is 24.0 Å². The lowest BCUT2D eigenvalue weighted by Gasteiger charge is -2.14. The Morgan fingerprint density at radius 2 is 2.00 bits per heavy atom. The summed E-state index contributed by atoms with van der Waals surface area (Å²) in [5, 5.41) is 0. The van der Waals surface area contributed by atoms with Gasteiger partial charge in [-0.15, -0.1) is 0 Å². The molecule has 1 aliphatic heterocycles. The lowest BCUT2D eigenvalue weighted by Crippen LogP contribution is -2.30. The van der Waals surface area contributed by atoms with Crippen molar-refractivity contribution in [2.75, 3.05) is 25.4 Å². The van der Waals surface area contributed by atoms with Crippen molar-refractivity contribution in [1.29, 1.82) is 0 Å². The topological polar surface area (TPSA) is 63.4 Å². The first kappa shape index (κ1) is 14.0. The average Bonchev–Trinajstić information content (AvgIpc) is 2.73. The molecule has 18 heavy (non-hydrogen) atoms. The maximum absolute atomic E-state index is 12.1. The van der Waals surface area contributed by atoms with E-state index in [0.29, 0.717) is 11.4 Å². The van der Waals surface area contributed by atoms with Crippen LogP contribution in [0, 0.1) is 0 Å². The molecule has 1 aliphatic rings. The molecule has 2 rings (SSSR count). The molecule has 2 N–H and O–H groups in total. The smallest absolute Gasteiger partial charge is 0.179 e. The summed E-state index contributed by atoms with van der Waals surface area (Å²) < 4.78 is 25.1. The normalized spacial score (nSPS) is 21.3. The molecule has 0 saturated carbocycles. The third-order valence-corrected chi connectivity index (χ3v) is 5.40. The van der Waals surface area contributed by atoms with Crippen molar-refractivity contribution in [1.82, 2.24) is 4.90 Å². The second kappa shape index (κ2) is 5.69. The summed E-state index contributed by atoms with van der Waals surface area (Å²) in [4.78, 5) is 2.50. The molecular formula is C12H17BrN2O2S. The SMILES string of the molecule is NC1CCN(CCS(=O)(=O)c2ccc(Br)cc2)C1. The largest absolute Gasteiger partial charge is 0.326 e. The van der Waals surface area contributed by atoms with E-state index in [1.54, 1.807) is 24.3 Å². The fourth-order valence-electron chi connectivity index (χ4n) is 2.07. The minimum atomic E-state index is -3.19. The summed E-state index contributed by atoms with van der Waals surface area (Å²) in [5.41, 5.74) is 5.80. The van der Waals surface area contributed by atoms with Crippen LogP contribution in [0.4, 0.5) is 0 Å². The van der Waals surface area contributed by atoms with Crippen LogP contribution in [0.3, 0.4) is 0 Å². The van der Waals surface area contributed by atoms with Crippen LogP contribution in [0.1, 0.15) is 6.42 Å². The third kappa shape index (κ3) is 3.54. The van der Waals surface area contributed by atoms with Crippen LogP contribution in [0.25, 0.3) is 0 Å². The van der Waals surface area contributed by atoms with E-state index in [4.69, 9.17) is 5.73 Å². The first-order chi connectivity index (χ1) is 8.47. The zero-order chi connectivity index (χ0) is 13.2. The summed E-state index contributed by atoms with van der Waals surface area (Å²) in [6, 6.07) is 6.96. The van der Waals surface area contributed by atoms with E-state index in [1.807, 2.05) is 0 Å². The Hall–Kier alpha value is -0.430. The highest BCUT2D eigenvalue weighted by Gasteiger charge is 2.21. The van der Waals surface area contributed by atoms with Crippen molar-refractivity contribution in [3.05, 3.63) is 28.7 Å². The number of rotatable bonds is 4. The fourth-order valence-corrected chi connectivity index (χ4v) is 3.62. The van der Waals surface area contributed by atoms with E-state index in [9.17, 15) is 8.42 Å². The van der Waals surface area contributed by atoms with Crippen molar-refractivity contribution >= 4 is 25.8 Å². The molecule has 1 heterocycles. The molecule has 100 valence electrons. The maximum atomic E-state index is 12.1. The molecule has 4 nitrogen and oxygen atoms in total. The average molecular weight is 333 g/mol. The van der Waals surface area contributed by atoms with Crippen molar-refractivity contribution in [3.8, 4) is 0 Å². The molecule has 1 aromatic carbocycles. The van der Waals surface area contributed by atoms with Gasteiger partial charge in [-0.2, -0.15) is 0 Å². The van der Waals surface area contributed by atoms with E-state index in [1.165, 1.54) is 0 Å². The van der Waals surface area contributed by atoms with Crippen molar-refractivity contribution in [2.24, 2.45) is 5.73 Å². The first-order valence-corrected chi connectivity index (χ1v) is 8.38. The van der Waals surface area contributed by atoms with Crippen LogP contribution in [-0.2, 0) is 9.84 Å². The van der Waals surface area contributed by atoms with Gasteiger partial charge in [-0.3, -0.25) is 0 Å². The van der Waals surface area contributed by atoms with Crippen LogP contribution < -0.4 is 5.73 Å². The summed E-state index contributed by atoms with van der Waals surface area (Å²) in [7, 11) is -3.19. The Kier molecular flexibility index (Phi) is 4.42. The van der Waals surface area contributed by atoms with Crippen LogP contribution in [0.15, 0.2) is 33.6 Å². The monoisotopic (exact) mass is 332 g/mol. The number of nitrogens with zero attached hydrogens (tertiary/aromatic N) is 1. The van der Waals surface area contributed by atoms with Gasteiger partial charge in [-0.1, -0.05) is 15.9 Å². The Morgan fingerprint density at radius 1 is 1.33 bits per heavy atom. The van der Waals surface area contributed by atoms with Crippen molar-refractivity contribution in [3.63, 3.8) is 0 Å². The second-order valence-electron chi connectivity index (χ2n) is 4.62. The first-order valence-electron chi connectivity index (χ1n) is 5.93. The molecule has 0 aliphatic carbocycles. The van der Waals surface area contributed by atoms with Gasteiger partial charge in [0, 0.05) is 23.6 Å². The Labute approximate surface area is 116 Å². The van der Waals surface area contributed by atoms with Gasteiger partial charge in [0.05, 0.1) is 10.6 Å². The third-order valence-electron chi connectivity index (χ3n) is 3.16. The minimum Gasteiger partial charge on any atom is -0.326 e. The number of hydrogen-bond acceptors (Lipinski definition) is 4. The van der Waals surface area contributed by atoms with Gasteiger partial charge in [0.2, 0.25) is 0 Å². The number of hydrogen-bond donors (Lipinski definition) is 1. The summed E-state index contributed by atoms with van der Waals surface area (Å²) in [6.45, 7) is 2.26. The summed E-state index contributed by atoms with van der Waals surface area (Å²) in [5.74, 6) is 0.154. The molecule has 0 aromatic heterocycles. The maximum Gasteiger partial charge on any atom is 0.179 e. The van der Waals surface area contributed by atoms with Crippen LogP contribution in [-0.4, -0.2) is 44.7 Å². The second-order valence-corrected chi connectivity index (χ2v) is 7.65.